The van der Waals surface area contributed by atoms with Crippen LogP contribution in [0.15, 0.2) is 72.8 Å². The molecule has 3 heterocycles. The van der Waals surface area contributed by atoms with Crippen LogP contribution in [0.1, 0.15) is 96.9 Å². The molecule has 2 bridgehead atoms. The first-order chi connectivity index (χ1) is 40.5. The summed E-state index contributed by atoms with van der Waals surface area (Å²) in [5, 5.41) is 0. The van der Waals surface area contributed by atoms with Crippen LogP contribution in [0, 0.1) is 0 Å². The molecule has 3 fully saturated rings. The third kappa shape index (κ3) is 21.5. The van der Waals surface area contributed by atoms with E-state index in [1.807, 2.05) is 0 Å². The Labute approximate surface area is 514 Å². The van der Waals surface area contributed by atoms with Crippen molar-refractivity contribution in [3.8, 4) is 0 Å². The fraction of sp³-hybridized carbons (Fsp3) is 0.556. The molecule has 7 rings (SSSR count). The second-order valence-corrected chi connectivity index (χ2v) is 19.7. The first kappa shape index (κ1) is 77.4. The average Bonchev–Trinajstić information content (AvgIpc) is 0.863. The van der Waals surface area contributed by atoms with Crippen molar-refractivity contribution in [2.45, 2.75) is 114 Å². The number of rotatable bonds is 10. The maximum Gasteiger partial charge on any atom is 1.00 e. The molecule has 35 heteroatoms. The number of unbranched alkanes of at least 4 members (excludes halogenated alkanes) is 2. The number of halogens is 24. The van der Waals surface area contributed by atoms with Crippen molar-refractivity contribution in [2.75, 3.05) is 79.3 Å². The Morgan fingerprint density at radius 3 is 0.573 bits per heavy atom. The van der Waals surface area contributed by atoms with Gasteiger partial charge in [-0.2, -0.15) is 127 Å². The van der Waals surface area contributed by atoms with Gasteiger partial charge in [0.15, 0.2) is 0 Å². The van der Waals surface area contributed by atoms with Crippen molar-refractivity contribution >= 4 is 28.0 Å². The van der Waals surface area contributed by atoms with Crippen molar-refractivity contribution < 1.29 is 178 Å². The van der Waals surface area contributed by atoms with Gasteiger partial charge in [0.2, 0.25) is 0 Å². The molecule has 4 aromatic carbocycles. The second kappa shape index (κ2) is 30.8. The van der Waals surface area contributed by atoms with Crippen molar-refractivity contribution in [3.63, 3.8) is 0 Å². The first-order valence-corrected chi connectivity index (χ1v) is 26.4. The Balaban J connectivity index is 0.000000447. The molecule has 0 saturated carbocycles. The number of ether oxygens (including phenoxy) is 9. The molecule has 0 atom stereocenters. The van der Waals surface area contributed by atoms with Crippen molar-refractivity contribution in [1.29, 1.82) is 0 Å². The zero-order valence-electron chi connectivity index (χ0n) is 47.0. The molecular weight excluding hydrogens is 1280 g/mol. The van der Waals surface area contributed by atoms with E-state index in [1.54, 1.807) is 0 Å². The van der Waals surface area contributed by atoms with E-state index >= 15 is 0 Å². The van der Waals surface area contributed by atoms with E-state index in [0.29, 0.717) is 92.1 Å². The summed E-state index contributed by atoms with van der Waals surface area (Å²) in [5.74, 6) is -2.25. The van der Waals surface area contributed by atoms with E-state index in [1.165, 1.54) is 0 Å². The number of hydrogen-bond acceptors (Lipinski definition) is 9. The smallest absolute Gasteiger partial charge is 0.377 e. The number of fused-ring (bicyclic) bond motifs is 18. The minimum absolute atomic E-state index is 0. The largest absolute Gasteiger partial charge is 1.00 e. The number of hydrogen-bond donors (Lipinski definition) is 0. The molecule has 4 aromatic rings. The summed E-state index contributed by atoms with van der Waals surface area (Å²) >= 11 is 0. The summed E-state index contributed by atoms with van der Waals surface area (Å²) in [4.78, 5) is 0. The van der Waals surface area contributed by atoms with E-state index < -0.39 is 207 Å². The zero-order valence-corrected chi connectivity index (χ0v) is 49.0. The van der Waals surface area contributed by atoms with Crippen LogP contribution in [0.2, 0.25) is 0 Å². The normalized spacial score (nSPS) is 20.0. The molecule has 0 radical (unpaired) electrons. The van der Waals surface area contributed by atoms with Gasteiger partial charge in [0.1, 0.15) is 6.15 Å². The molecule has 496 valence electrons. The third-order valence-electron chi connectivity index (χ3n) is 13.4. The van der Waals surface area contributed by atoms with Crippen molar-refractivity contribution in [1.82, 2.24) is 0 Å². The van der Waals surface area contributed by atoms with Crippen LogP contribution in [0.25, 0.3) is 0 Å². The van der Waals surface area contributed by atoms with Crippen LogP contribution in [-0.4, -0.2) is 97.4 Å². The third-order valence-corrected chi connectivity index (χ3v) is 13.4. The van der Waals surface area contributed by atoms with Gasteiger partial charge in [0.05, 0.1) is 124 Å². The predicted molar refractivity (Wildman–Crippen MR) is 263 cm³/mol. The van der Waals surface area contributed by atoms with Crippen LogP contribution in [0.3, 0.4) is 0 Å². The van der Waals surface area contributed by atoms with Gasteiger partial charge in [-0.25, -0.2) is 0 Å². The second-order valence-electron chi connectivity index (χ2n) is 19.7. The average molecular weight is 1340 g/mol. The fourth-order valence-corrected chi connectivity index (χ4v) is 9.38. The van der Waals surface area contributed by atoms with Crippen LogP contribution < -0.4 is 51.4 Å². The van der Waals surface area contributed by atoms with Gasteiger partial charge in [-0.3, -0.25) is 0 Å². The Morgan fingerprint density at radius 1 is 0.281 bits per heavy atom. The molecule has 3 saturated heterocycles. The zero-order chi connectivity index (χ0) is 66.0. The van der Waals surface area contributed by atoms with E-state index in [-0.39, 0.29) is 29.6 Å². The Kier molecular flexibility index (Phi) is 26.7. The molecule has 89 heavy (non-hydrogen) atoms. The van der Waals surface area contributed by atoms with Crippen LogP contribution in [-0.2, 0) is 92.0 Å². The number of benzene rings is 4. The summed E-state index contributed by atoms with van der Waals surface area (Å²) in [6.07, 6.45) is -49.7. The van der Waals surface area contributed by atoms with E-state index in [0.717, 1.165) is 25.7 Å². The standard InChI is InChI=1S/C32H12BF24.C22H42O9.Na/c34-25(35,36)13-1-14(26(37,38)39)6-21(5-13)33(22-7-15(27(40,41)42)2-16(8-22)28(43,44)45,23-9-17(29(46,47)48)3-18(10-23)30(49,50)51)24-11-19(31(52,53)54)4-20(12-24)32(55,56)57;1-3-5-7-21-26-15-9-23-12-18-29-22(8-6-4-2,30-19-13-24-10-16-27-21)31-20-14-25-11-17-28-21;/h1-12H;3-20H2,1-2H3;/q-1;;+1. The van der Waals surface area contributed by atoms with Gasteiger partial charge in [0.25, 0.3) is 11.9 Å². The maximum absolute atomic E-state index is 14.2. The Morgan fingerprint density at radius 2 is 0.438 bits per heavy atom. The van der Waals surface area contributed by atoms with Crippen molar-refractivity contribution in [3.05, 3.63) is 117 Å². The topological polar surface area (TPSA) is 83.1 Å². The summed E-state index contributed by atoms with van der Waals surface area (Å²) in [5.41, 5.74) is -30.2. The molecule has 3 aliphatic heterocycles. The number of alkyl halides is 24. The Bertz CT molecular complexity index is 2370. The first-order valence-electron chi connectivity index (χ1n) is 26.4. The molecular formula is C54H54BF24NaO9. The van der Waals surface area contributed by atoms with Crippen LogP contribution in [0.5, 0.6) is 0 Å². The minimum Gasteiger partial charge on any atom is -0.377 e. The molecule has 0 amide bonds. The van der Waals surface area contributed by atoms with Gasteiger partial charge in [0, 0.05) is 12.8 Å². The van der Waals surface area contributed by atoms with Gasteiger partial charge in [-0.15, -0.1) is 0 Å². The summed E-state index contributed by atoms with van der Waals surface area (Å²) in [7, 11) is 0. The van der Waals surface area contributed by atoms with Crippen LogP contribution >= 0.6 is 0 Å². The van der Waals surface area contributed by atoms with Gasteiger partial charge in [-0.05, 0) is 37.1 Å². The maximum atomic E-state index is 14.2. The minimum atomic E-state index is -6.13. The van der Waals surface area contributed by atoms with E-state index in [9.17, 15) is 105 Å². The van der Waals surface area contributed by atoms with Gasteiger partial charge >= 0.3 is 79.0 Å². The molecule has 9 nitrogen and oxygen atoms in total. The van der Waals surface area contributed by atoms with Crippen molar-refractivity contribution in [2.24, 2.45) is 0 Å². The monoisotopic (exact) mass is 1340 g/mol. The summed E-state index contributed by atoms with van der Waals surface area (Å²) in [6.45, 7) is 8.75. The van der Waals surface area contributed by atoms with E-state index in [2.05, 4.69) is 13.8 Å². The molecule has 0 unspecified atom stereocenters. The quantitative estimate of drug-likeness (QED) is 0.0876. The van der Waals surface area contributed by atoms with Gasteiger partial charge in [-0.1, -0.05) is 75.2 Å². The molecule has 0 spiro atoms. The molecule has 3 aliphatic rings. The fourth-order valence-electron chi connectivity index (χ4n) is 9.38. The summed E-state index contributed by atoms with van der Waals surface area (Å²) in [6, 6.07) is -8.81. The Hall–Kier alpha value is -4.10. The molecule has 0 aromatic heterocycles. The molecule has 0 N–H and O–H groups in total. The predicted octanol–water partition coefficient (Wildman–Crippen LogP) is 11.1. The molecule has 0 aliphatic carbocycles. The SMILES string of the molecule is CCCCC12OCCOCCOC(CCCC)(OCCOCCO1)OCCOCCO2.FC(F)(F)c1cc([B-](c2cc(C(F)(F)F)cc(C(F)(F)F)c2)(c2cc(C(F)(F)F)cc(C(F)(F)F)c2)c2cc(C(F)(F)F)cc(C(F)(F)F)c2)cc(C(F)(F)F)c1.[Na+]. The van der Waals surface area contributed by atoms with Gasteiger partial charge < -0.3 is 42.6 Å². The summed E-state index contributed by atoms with van der Waals surface area (Å²) < 4.78 is 394. The van der Waals surface area contributed by atoms with E-state index in [4.69, 9.17) is 42.6 Å². The van der Waals surface area contributed by atoms with Crippen LogP contribution in [0.4, 0.5) is 105 Å².